The second-order valence-corrected chi connectivity index (χ2v) is 4.98. The van der Waals surface area contributed by atoms with Crippen LogP contribution in [0.4, 0.5) is 8.78 Å². The van der Waals surface area contributed by atoms with Gasteiger partial charge in [-0.15, -0.1) is 11.8 Å². The maximum Gasteiger partial charge on any atom is 0.128 e. The first-order valence-corrected chi connectivity index (χ1v) is 7.15. The minimum absolute atomic E-state index is 0.323. The Morgan fingerprint density at radius 3 is 2.47 bits per heavy atom. The molecule has 0 fully saturated rings. The van der Waals surface area contributed by atoms with E-state index in [0.29, 0.717) is 5.56 Å². The highest BCUT2D eigenvalue weighted by Gasteiger charge is 2.19. The van der Waals surface area contributed by atoms with E-state index in [2.05, 4.69) is 5.32 Å². The SMILES string of the molecule is CNC(c1cc(F)ccc1F)c1ccccc1SC. The van der Waals surface area contributed by atoms with E-state index in [0.717, 1.165) is 22.6 Å². The summed E-state index contributed by atoms with van der Waals surface area (Å²) in [5, 5.41) is 3.06. The summed E-state index contributed by atoms with van der Waals surface area (Å²) in [6, 6.07) is 10.9. The molecule has 0 amide bonds. The summed E-state index contributed by atoms with van der Waals surface area (Å²) < 4.78 is 27.3. The van der Waals surface area contributed by atoms with E-state index in [9.17, 15) is 8.78 Å². The molecule has 2 aromatic rings. The minimum atomic E-state index is -0.432. The molecule has 0 bridgehead atoms. The zero-order chi connectivity index (χ0) is 13.8. The number of hydrogen-bond donors (Lipinski definition) is 1. The number of hydrogen-bond acceptors (Lipinski definition) is 2. The first-order chi connectivity index (χ1) is 9.17. The summed E-state index contributed by atoms with van der Waals surface area (Å²) >= 11 is 1.59. The van der Waals surface area contributed by atoms with Crippen LogP contribution < -0.4 is 5.32 Å². The molecule has 4 heteroatoms. The van der Waals surface area contributed by atoms with Crippen LogP contribution in [0.15, 0.2) is 47.4 Å². The van der Waals surface area contributed by atoms with Crippen LogP contribution in [0.1, 0.15) is 17.2 Å². The molecule has 0 saturated heterocycles. The Morgan fingerprint density at radius 2 is 1.79 bits per heavy atom. The number of nitrogens with one attached hydrogen (secondary N) is 1. The molecular formula is C15H15F2NS. The maximum absolute atomic E-state index is 13.9. The van der Waals surface area contributed by atoms with Crippen LogP contribution in [0.2, 0.25) is 0 Å². The third-order valence-corrected chi connectivity index (χ3v) is 3.82. The molecule has 2 aromatic carbocycles. The van der Waals surface area contributed by atoms with Gasteiger partial charge in [0, 0.05) is 10.5 Å². The van der Waals surface area contributed by atoms with E-state index in [1.165, 1.54) is 6.07 Å². The van der Waals surface area contributed by atoms with E-state index >= 15 is 0 Å². The molecule has 0 saturated carbocycles. The molecule has 0 aromatic heterocycles. The van der Waals surface area contributed by atoms with Crippen molar-refractivity contribution in [2.24, 2.45) is 0 Å². The van der Waals surface area contributed by atoms with E-state index in [4.69, 9.17) is 0 Å². The fourth-order valence-corrected chi connectivity index (χ4v) is 2.76. The van der Waals surface area contributed by atoms with Gasteiger partial charge in [0.2, 0.25) is 0 Å². The second-order valence-electron chi connectivity index (χ2n) is 4.13. The second kappa shape index (κ2) is 6.17. The summed E-state index contributed by atoms with van der Waals surface area (Å²) in [4.78, 5) is 1.05. The average Bonchev–Trinajstić information content (AvgIpc) is 2.44. The Morgan fingerprint density at radius 1 is 1.05 bits per heavy atom. The summed E-state index contributed by atoms with van der Waals surface area (Å²) in [5.41, 5.74) is 1.27. The van der Waals surface area contributed by atoms with E-state index in [1.807, 2.05) is 30.5 Å². The molecule has 1 unspecified atom stereocenters. The van der Waals surface area contributed by atoms with Gasteiger partial charge in [-0.1, -0.05) is 18.2 Å². The lowest BCUT2D eigenvalue weighted by molar-refractivity contribution is 0.556. The van der Waals surface area contributed by atoms with Gasteiger partial charge >= 0.3 is 0 Å². The van der Waals surface area contributed by atoms with Gasteiger partial charge in [-0.05, 0) is 43.1 Å². The van der Waals surface area contributed by atoms with Crippen LogP contribution in [0.5, 0.6) is 0 Å². The van der Waals surface area contributed by atoms with Crippen LogP contribution >= 0.6 is 11.8 Å². The third-order valence-electron chi connectivity index (χ3n) is 3.01. The van der Waals surface area contributed by atoms with Gasteiger partial charge in [0.25, 0.3) is 0 Å². The Bertz CT molecular complexity index is 572. The standard InChI is InChI=1S/C15H15F2NS/c1-18-15(11-5-3-4-6-14(11)19-2)12-9-10(16)7-8-13(12)17/h3-9,15,18H,1-2H3. The number of rotatable bonds is 4. The highest BCUT2D eigenvalue weighted by atomic mass is 32.2. The molecule has 2 rings (SSSR count). The van der Waals surface area contributed by atoms with E-state index < -0.39 is 11.6 Å². The zero-order valence-corrected chi connectivity index (χ0v) is 11.6. The molecule has 0 spiro atoms. The molecule has 0 radical (unpaired) electrons. The lowest BCUT2D eigenvalue weighted by Gasteiger charge is -2.20. The summed E-state index contributed by atoms with van der Waals surface area (Å²) in [7, 11) is 1.74. The summed E-state index contributed by atoms with van der Waals surface area (Å²) in [6.45, 7) is 0. The monoisotopic (exact) mass is 279 g/mol. The highest BCUT2D eigenvalue weighted by molar-refractivity contribution is 7.98. The van der Waals surface area contributed by atoms with Crippen molar-refractivity contribution in [3.8, 4) is 0 Å². The maximum atomic E-state index is 13.9. The van der Waals surface area contributed by atoms with Crippen LogP contribution in [-0.2, 0) is 0 Å². The normalized spacial score (nSPS) is 12.4. The summed E-state index contributed by atoms with van der Waals surface area (Å²) in [5.74, 6) is -0.838. The van der Waals surface area contributed by atoms with Gasteiger partial charge in [0.1, 0.15) is 11.6 Å². The average molecular weight is 279 g/mol. The Labute approximate surface area is 116 Å². The fourth-order valence-electron chi connectivity index (χ4n) is 2.12. The van der Waals surface area contributed by atoms with Gasteiger partial charge in [-0.3, -0.25) is 0 Å². The van der Waals surface area contributed by atoms with Crippen molar-refractivity contribution in [3.63, 3.8) is 0 Å². The van der Waals surface area contributed by atoms with Gasteiger partial charge < -0.3 is 5.32 Å². The smallest absolute Gasteiger partial charge is 0.128 e. The van der Waals surface area contributed by atoms with Gasteiger partial charge in [0.05, 0.1) is 6.04 Å². The topological polar surface area (TPSA) is 12.0 Å². The Balaban J connectivity index is 2.53. The molecule has 1 nitrogen and oxygen atoms in total. The molecule has 0 aliphatic carbocycles. The van der Waals surface area contributed by atoms with Crippen molar-refractivity contribution in [3.05, 3.63) is 65.2 Å². The van der Waals surface area contributed by atoms with Crippen LogP contribution in [0.3, 0.4) is 0 Å². The molecule has 1 atom stereocenters. The highest BCUT2D eigenvalue weighted by Crippen LogP contribution is 2.31. The van der Waals surface area contributed by atoms with Crippen molar-refractivity contribution in [1.29, 1.82) is 0 Å². The van der Waals surface area contributed by atoms with Gasteiger partial charge in [-0.25, -0.2) is 8.78 Å². The lowest BCUT2D eigenvalue weighted by Crippen LogP contribution is -2.19. The molecule has 0 aliphatic rings. The molecule has 1 N–H and O–H groups in total. The number of thioether (sulfide) groups is 1. The van der Waals surface area contributed by atoms with E-state index in [1.54, 1.807) is 18.8 Å². The number of halogens is 2. The fraction of sp³-hybridized carbons (Fsp3) is 0.200. The van der Waals surface area contributed by atoms with Crippen molar-refractivity contribution in [2.75, 3.05) is 13.3 Å². The van der Waals surface area contributed by atoms with Crippen molar-refractivity contribution in [1.82, 2.24) is 5.32 Å². The molecule has 0 aliphatic heterocycles. The van der Waals surface area contributed by atoms with Crippen LogP contribution in [0, 0.1) is 11.6 Å². The largest absolute Gasteiger partial charge is 0.309 e. The van der Waals surface area contributed by atoms with Crippen molar-refractivity contribution >= 4 is 11.8 Å². The van der Waals surface area contributed by atoms with Gasteiger partial charge in [0.15, 0.2) is 0 Å². The predicted molar refractivity (Wildman–Crippen MR) is 75.5 cm³/mol. The van der Waals surface area contributed by atoms with E-state index in [-0.39, 0.29) is 6.04 Å². The molecule has 100 valence electrons. The number of benzene rings is 2. The van der Waals surface area contributed by atoms with Gasteiger partial charge in [-0.2, -0.15) is 0 Å². The third kappa shape index (κ3) is 2.96. The first-order valence-electron chi connectivity index (χ1n) is 5.92. The van der Waals surface area contributed by atoms with Crippen molar-refractivity contribution < 1.29 is 8.78 Å². The Hall–Kier alpha value is -1.39. The summed E-state index contributed by atoms with van der Waals surface area (Å²) in [6.07, 6.45) is 1.97. The van der Waals surface area contributed by atoms with Crippen LogP contribution in [0.25, 0.3) is 0 Å². The zero-order valence-electron chi connectivity index (χ0n) is 10.8. The molecule has 0 heterocycles. The minimum Gasteiger partial charge on any atom is -0.309 e. The van der Waals surface area contributed by atoms with Crippen LogP contribution in [-0.4, -0.2) is 13.3 Å². The van der Waals surface area contributed by atoms with Crippen molar-refractivity contribution in [2.45, 2.75) is 10.9 Å². The molecule has 19 heavy (non-hydrogen) atoms. The quantitative estimate of drug-likeness (QED) is 0.849. The first kappa shape index (κ1) is 14.0. The predicted octanol–water partition coefficient (Wildman–Crippen LogP) is 4.00. The lowest BCUT2D eigenvalue weighted by atomic mass is 9.98. The Kier molecular flexibility index (Phi) is 4.56. The molecular weight excluding hydrogens is 264 g/mol.